The summed E-state index contributed by atoms with van der Waals surface area (Å²) in [6.45, 7) is 26.1. The lowest BCUT2D eigenvalue weighted by Gasteiger charge is -2.19. The molecule has 11 aromatic carbocycles. The van der Waals surface area contributed by atoms with Crippen LogP contribution in [0.3, 0.4) is 0 Å². The second kappa shape index (κ2) is 30.6. The predicted octanol–water partition coefficient (Wildman–Crippen LogP) is 24.9. The number of hydrogen-bond donors (Lipinski definition) is 0. The summed E-state index contributed by atoms with van der Waals surface area (Å²) < 4.78 is 0. The van der Waals surface area contributed by atoms with Crippen LogP contribution in [-0.4, -0.2) is 39.9 Å². The first kappa shape index (κ1) is 73.1. The Labute approximate surface area is 582 Å². The molecular weight excluding hydrogens is 1190 g/mol. The Kier molecular flexibility index (Phi) is 22.8. The van der Waals surface area contributed by atoms with Gasteiger partial charge in [0.2, 0.25) is 0 Å². The molecular formula is C90H96N8. The van der Waals surface area contributed by atoms with E-state index in [1.54, 1.807) is 0 Å². The van der Waals surface area contributed by atoms with Crippen LogP contribution in [-0.2, 0) is 21.7 Å². The van der Waals surface area contributed by atoms with Crippen LogP contribution in [0.2, 0.25) is 0 Å². The molecule has 15 aromatic rings. The highest BCUT2D eigenvalue weighted by Gasteiger charge is 2.23. The molecule has 0 saturated heterocycles. The number of aromatic nitrogens is 8. The zero-order chi connectivity index (χ0) is 65.8. The minimum atomic E-state index is -0.0890. The number of hydrogen-bond acceptors (Lipinski definition) is 8. The van der Waals surface area contributed by atoms with Crippen molar-refractivity contribution in [1.29, 1.82) is 0 Å². The molecule has 0 unspecified atom stereocenters. The Morgan fingerprint density at radius 3 is 0.918 bits per heavy atom. The topological polar surface area (TPSA) is 103 Å². The first-order valence-corrected chi connectivity index (χ1v) is 32.4. The van der Waals surface area contributed by atoms with Gasteiger partial charge in [0.25, 0.3) is 0 Å². The molecule has 0 fully saturated rings. The third-order valence-corrected chi connectivity index (χ3v) is 16.8. The average Bonchev–Trinajstić information content (AvgIpc) is 0.748. The average molecular weight is 1290 g/mol. The molecule has 15 rings (SSSR count). The predicted molar refractivity (Wildman–Crippen MR) is 422 cm³/mol. The van der Waals surface area contributed by atoms with Crippen molar-refractivity contribution in [1.82, 2.24) is 39.9 Å². The lowest BCUT2D eigenvalue weighted by molar-refractivity contribution is 0.547. The van der Waals surface area contributed by atoms with Crippen LogP contribution in [0.25, 0.3) is 121 Å². The molecule has 496 valence electrons. The van der Waals surface area contributed by atoms with E-state index in [0.717, 1.165) is 95.7 Å². The summed E-state index contributed by atoms with van der Waals surface area (Å²) in [6.07, 6.45) is 3.90. The maximum atomic E-state index is 4.96. The van der Waals surface area contributed by atoms with Crippen LogP contribution in [0.5, 0.6) is 0 Å². The number of fused-ring (bicyclic) bond motifs is 12. The summed E-state index contributed by atoms with van der Waals surface area (Å²) in [5, 5.41) is 10.9. The minimum absolute atomic E-state index is 0. The largest absolute Gasteiger partial charge is 0.252 e. The molecule has 4 heterocycles. The molecule has 0 aliphatic carbocycles. The van der Waals surface area contributed by atoms with Crippen molar-refractivity contribution >= 4 is 65.0 Å². The molecule has 98 heavy (non-hydrogen) atoms. The normalized spacial score (nSPS) is 11.3. The van der Waals surface area contributed by atoms with Gasteiger partial charge in [-0.25, -0.2) is 34.9 Å². The van der Waals surface area contributed by atoms with Gasteiger partial charge in [-0.3, -0.25) is 4.98 Å². The van der Waals surface area contributed by atoms with Crippen molar-refractivity contribution in [2.75, 3.05) is 0 Å². The summed E-state index contributed by atoms with van der Waals surface area (Å²) in [5.74, 6) is 2.51. The standard InChI is InChI=1S/C26H24N2.2C20H18N2.C20H20N2.4CH4/c1-26(2,3)22-16-14-21(15-17-22)25-27-23(19-10-6-4-7-11-19)18-24(28-25)20-12-8-5-9-13-20;1-20(2,3)17-12-21-18-15-10-6-4-8-13(15)14-9-5-7-11-16(14)19(18)22-17;1-20(2,3)19-21-12-17-15-10-5-4-8-13(15)14-9-6-7-11-16(14)18(17)22-19;1-20(2,3)19-21-17(15-10-6-4-7-11-15)14-18(22-19)16-12-8-5-9-13-16;;;;/h4-18H,1-3H3;2*4-12H,1-3H3;4-14H,1-3H3;4*1H4. The highest BCUT2D eigenvalue weighted by atomic mass is 14.9. The molecule has 0 aliphatic heterocycles. The fourth-order valence-corrected chi connectivity index (χ4v) is 11.5. The van der Waals surface area contributed by atoms with Crippen LogP contribution >= 0.6 is 0 Å². The Bertz CT molecular complexity index is 4790. The molecule has 0 saturated carbocycles. The smallest absolute Gasteiger partial charge is 0.160 e. The van der Waals surface area contributed by atoms with E-state index >= 15 is 0 Å². The Hall–Kier alpha value is -10.7. The Balaban J connectivity index is 0.000000165. The van der Waals surface area contributed by atoms with E-state index in [9.17, 15) is 0 Å². The molecule has 8 heteroatoms. The maximum Gasteiger partial charge on any atom is 0.160 e. The highest BCUT2D eigenvalue weighted by molar-refractivity contribution is 6.24. The second-order valence-corrected chi connectivity index (χ2v) is 28.1. The molecule has 0 aliphatic rings. The summed E-state index contributed by atoms with van der Waals surface area (Å²) in [7, 11) is 0. The van der Waals surface area contributed by atoms with E-state index in [4.69, 9.17) is 34.9 Å². The van der Waals surface area contributed by atoms with Crippen LogP contribution in [0.4, 0.5) is 0 Å². The molecule has 0 spiro atoms. The van der Waals surface area contributed by atoms with Crippen LogP contribution in [0, 0.1) is 0 Å². The lowest BCUT2D eigenvalue weighted by atomic mass is 9.86. The lowest BCUT2D eigenvalue weighted by Crippen LogP contribution is -2.16. The minimum Gasteiger partial charge on any atom is -0.252 e. The first-order valence-electron chi connectivity index (χ1n) is 32.4. The molecule has 8 nitrogen and oxygen atoms in total. The molecule has 0 bridgehead atoms. The first-order chi connectivity index (χ1) is 45.2. The molecule has 0 N–H and O–H groups in total. The third-order valence-electron chi connectivity index (χ3n) is 16.8. The van der Waals surface area contributed by atoms with Crippen molar-refractivity contribution in [2.45, 2.75) is 134 Å². The van der Waals surface area contributed by atoms with Crippen molar-refractivity contribution in [3.63, 3.8) is 0 Å². The SMILES string of the molecule is C.C.C.C.CC(C)(C)c1ccc(-c2nc(-c3ccccc3)cc(-c3ccccc3)n2)cc1.CC(C)(C)c1cnc2c3ccccc3c3ccccc3c2n1.CC(C)(C)c1nc(-c2ccccc2)cc(-c2ccccc2)n1.CC(C)(C)c1ncc2c3ccccc3c3ccccc3c2n1. The van der Waals surface area contributed by atoms with Gasteiger partial charge in [0.15, 0.2) is 5.82 Å². The van der Waals surface area contributed by atoms with E-state index in [0.29, 0.717) is 0 Å². The Morgan fingerprint density at radius 2 is 0.551 bits per heavy atom. The fourth-order valence-electron chi connectivity index (χ4n) is 11.5. The van der Waals surface area contributed by atoms with E-state index in [-0.39, 0.29) is 51.4 Å². The van der Waals surface area contributed by atoms with Gasteiger partial charge in [-0.15, -0.1) is 0 Å². The van der Waals surface area contributed by atoms with Crippen LogP contribution < -0.4 is 0 Å². The van der Waals surface area contributed by atoms with Crippen LogP contribution in [0.15, 0.2) is 267 Å². The quantitative estimate of drug-likeness (QED) is 0.157. The summed E-state index contributed by atoms with van der Waals surface area (Å²) >= 11 is 0. The van der Waals surface area contributed by atoms with Gasteiger partial charge in [-0.2, -0.15) is 0 Å². The van der Waals surface area contributed by atoms with E-state index < -0.39 is 0 Å². The van der Waals surface area contributed by atoms with Crippen molar-refractivity contribution in [3.05, 3.63) is 290 Å². The number of rotatable bonds is 5. The highest BCUT2D eigenvalue weighted by Crippen LogP contribution is 2.37. The van der Waals surface area contributed by atoms with E-state index in [2.05, 4.69) is 270 Å². The van der Waals surface area contributed by atoms with Gasteiger partial charge in [-0.1, -0.05) is 355 Å². The van der Waals surface area contributed by atoms with E-state index in [1.165, 1.54) is 48.7 Å². The fraction of sp³-hybridized carbons (Fsp3) is 0.222. The van der Waals surface area contributed by atoms with Gasteiger partial charge in [0, 0.05) is 78.0 Å². The van der Waals surface area contributed by atoms with Crippen molar-refractivity contribution in [3.8, 4) is 56.4 Å². The zero-order valence-electron chi connectivity index (χ0n) is 56.0. The van der Waals surface area contributed by atoms with Gasteiger partial charge in [0.05, 0.1) is 45.0 Å². The van der Waals surface area contributed by atoms with Crippen LogP contribution in [0.1, 0.15) is 136 Å². The summed E-state index contributed by atoms with van der Waals surface area (Å²) in [5.41, 5.74) is 14.6. The zero-order valence-corrected chi connectivity index (χ0v) is 56.0. The Morgan fingerprint density at radius 1 is 0.224 bits per heavy atom. The van der Waals surface area contributed by atoms with E-state index in [1.807, 2.05) is 85.2 Å². The molecule has 0 radical (unpaired) electrons. The van der Waals surface area contributed by atoms with Gasteiger partial charge < -0.3 is 0 Å². The van der Waals surface area contributed by atoms with Crippen molar-refractivity contribution in [2.24, 2.45) is 0 Å². The number of nitrogens with zero attached hydrogens (tertiary/aromatic N) is 8. The third kappa shape index (κ3) is 16.2. The monoisotopic (exact) mass is 1290 g/mol. The van der Waals surface area contributed by atoms with Gasteiger partial charge >= 0.3 is 0 Å². The summed E-state index contributed by atoms with van der Waals surface area (Å²) in [4.78, 5) is 38.6. The maximum absolute atomic E-state index is 4.96. The molecule has 0 amide bonds. The van der Waals surface area contributed by atoms with Gasteiger partial charge in [-0.05, 0) is 50.0 Å². The van der Waals surface area contributed by atoms with Crippen molar-refractivity contribution < 1.29 is 0 Å². The molecule has 0 atom stereocenters. The molecule has 4 aromatic heterocycles. The van der Waals surface area contributed by atoms with Gasteiger partial charge in [0.1, 0.15) is 11.6 Å². The summed E-state index contributed by atoms with van der Waals surface area (Å²) in [6, 6.07) is 87.7. The number of benzene rings is 11. The second-order valence-electron chi connectivity index (χ2n) is 28.1.